The van der Waals surface area contributed by atoms with Crippen molar-refractivity contribution in [3.63, 3.8) is 0 Å². The number of hydrogen-bond donors (Lipinski definition) is 2. The van der Waals surface area contributed by atoms with Gasteiger partial charge in [-0.1, -0.05) is 0 Å². The zero-order valence-electron chi connectivity index (χ0n) is 9.39. The molecular formula is C12H10FN5. The second kappa shape index (κ2) is 3.85. The van der Waals surface area contributed by atoms with E-state index >= 15 is 0 Å². The van der Waals surface area contributed by atoms with E-state index < -0.39 is 0 Å². The van der Waals surface area contributed by atoms with Gasteiger partial charge in [0.05, 0.1) is 17.4 Å². The first kappa shape index (κ1) is 10.8. The van der Waals surface area contributed by atoms with E-state index in [1.165, 1.54) is 12.1 Å². The largest absolute Gasteiger partial charge is 0.383 e. The predicted molar refractivity (Wildman–Crippen MR) is 67.1 cm³/mol. The lowest BCUT2D eigenvalue weighted by atomic mass is 10.2. The normalized spacial score (nSPS) is 11.2. The molecule has 0 bridgehead atoms. The first-order valence-electron chi connectivity index (χ1n) is 5.40. The maximum Gasteiger partial charge on any atom is 0.165 e. The van der Waals surface area contributed by atoms with Crippen LogP contribution in [-0.4, -0.2) is 15.0 Å². The van der Waals surface area contributed by atoms with Gasteiger partial charge in [-0.15, -0.1) is 0 Å². The molecule has 3 rings (SSSR count). The molecule has 3 aromatic rings. The summed E-state index contributed by atoms with van der Waals surface area (Å²) in [7, 11) is 0. The Morgan fingerprint density at radius 3 is 2.72 bits per heavy atom. The van der Waals surface area contributed by atoms with Crippen molar-refractivity contribution in [2.75, 3.05) is 5.73 Å². The molecule has 4 N–H and O–H groups in total. The van der Waals surface area contributed by atoms with E-state index in [1.807, 2.05) is 0 Å². The summed E-state index contributed by atoms with van der Waals surface area (Å²) < 4.78 is 13.1. The van der Waals surface area contributed by atoms with E-state index in [-0.39, 0.29) is 12.4 Å². The Bertz CT molecular complexity index is 756. The van der Waals surface area contributed by atoms with E-state index in [0.717, 1.165) is 5.39 Å². The van der Waals surface area contributed by atoms with Crippen LogP contribution in [0, 0.1) is 5.82 Å². The van der Waals surface area contributed by atoms with Crippen LogP contribution < -0.4 is 11.5 Å². The van der Waals surface area contributed by atoms with E-state index in [4.69, 9.17) is 11.5 Å². The van der Waals surface area contributed by atoms with Crippen LogP contribution in [0.25, 0.3) is 21.9 Å². The van der Waals surface area contributed by atoms with Crippen LogP contribution in [0.15, 0.2) is 24.3 Å². The van der Waals surface area contributed by atoms with Gasteiger partial charge in [0.1, 0.15) is 17.5 Å². The zero-order valence-corrected chi connectivity index (χ0v) is 9.39. The number of rotatable bonds is 1. The third-order valence-electron chi connectivity index (χ3n) is 2.70. The Balaban J connectivity index is 2.41. The number of hydrogen-bond acceptors (Lipinski definition) is 5. The van der Waals surface area contributed by atoms with Crippen molar-refractivity contribution in [1.29, 1.82) is 0 Å². The molecule has 0 atom stereocenters. The average Bonchev–Trinajstić information content (AvgIpc) is 2.36. The summed E-state index contributed by atoms with van der Waals surface area (Å²) in [5.41, 5.74) is 12.3. The van der Waals surface area contributed by atoms with E-state index in [1.54, 1.807) is 12.1 Å². The van der Waals surface area contributed by atoms with Gasteiger partial charge >= 0.3 is 0 Å². The third kappa shape index (κ3) is 1.63. The quantitative estimate of drug-likeness (QED) is 0.630. The number of pyridine rings is 1. The molecule has 18 heavy (non-hydrogen) atoms. The topological polar surface area (TPSA) is 90.7 Å². The summed E-state index contributed by atoms with van der Waals surface area (Å²) in [6, 6.07) is 6.18. The van der Waals surface area contributed by atoms with Crippen LogP contribution in [0.1, 0.15) is 5.82 Å². The molecule has 0 fully saturated rings. The van der Waals surface area contributed by atoms with Gasteiger partial charge in [0.25, 0.3) is 0 Å². The minimum atomic E-state index is -0.338. The molecule has 6 heteroatoms. The Hall–Kier alpha value is -2.34. The Morgan fingerprint density at radius 2 is 1.94 bits per heavy atom. The molecule has 2 aromatic heterocycles. The van der Waals surface area contributed by atoms with Gasteiger partial charge < -0.3 is 11.5 Å². The van der Waals surface area contributed by atoms with Gasteiger partial charge in [-0.3, -0.25) is 0 Å². The molecule has 0 unspecified atom stereocenters. The van der Waals surface area contributed by atoms with Crippen LogP contribution >= 0.6 is 0 Å². The lowest BCUT2D eigenvalue weighted by molar-refractivity contribution is 0.629. The summed E-state index contributed by atoms with van der Waals surface area (Å²) in [6.07, 6.45) is 0. The average molecular weight is 243 g/mol. The molecule has 5 nitrogen and oxygen atoms in total. The van der Waals surface area contributed by atoms with Crippen molar-refractivity contribution in [1.82, 2.24) is 15.0 Å². The molecule has 2 heterocycles. The SMILES string of the molecule is NCc1nc(N)c2cc3ccc(F)cc3nc2n1. The molecule has 0 saturated carbocycles. The van der Waals surface area contributed by atoms with Gasteiger partial charge in [0, 0.05) is 11.5 Å². The molecular weight excluding hydrogens is 233 g/mol. The highest BCUT2D eigenvalue weighted by molar-refractivity contribution is 5.95. The van der Waals surface area contributed by atoms with Crippen molar-refractivity contribution in [3.8, 4) is 0 Å². The summed E-state index contributed by atoms with van der Waals surface area (Å²) in [5.74, 6) is 0.415. The van der Waals surface area contributed by atoms with Crippen LogP contribution in [0.2, 0.25) is 0 Å². The lowest BCUT2D eigenvalue weighted by Crippen LogP contribution is -2.06. The summed E-state index contributed by atoms with van der Waals surface area (Å²) in [4.78, 5) is 12.5. The maximum absolute atomic E-state index is 13.1. The number of benzene rings is 1. The molecule has 90 valence electrons. The fourth-order valence-corrected chi connectivity index (χ4v) is 1.84. The highest BCUT2D eigenvalue weighted by Gasteiger charge is 2.08. The van der Waals surface area contributed by atoms with Gasteiger partial charge in [-0.2, -0.15) is 0 Å². The highest BCUT2D eigenvalue weighted by Crippen LogP contribution is 2.22. The first-order chi connectivity index (χ1) is 8.67. The number of anilines is 1. The Labute approximate surface area is 102 Å². The van der Waals surface area contributed by atoms with E-state index in [0.29, 0.717) is 28.2 Å². The molecule has 0 amide bonds. The Kier molecular flexibility index (Phi) is 2.31. The van der Waals surface area contributed by atoms with Crippen LogP contribution in [0.5, 0.6) is 0 Å². The molecule has 0 saturated heterocycles. The summed E-state index contributed by atoms with van der Waals surface area (Å²) >= 11 is 0. The van der Waals surface area contributed by atoms with E-state index in [2.05, 4.69) is 15.0 Å². The van der Waals surface area contributed by atoms with E-state index in [9.17, 15) is 4.39 Å². The smallest absolute Gasteiger partial charge is 0.165 e. The minimum Gasteiger partial charge on any atom is -0.383 e. The molecule has 0 aliphatic carbocycles. The zero-order chi connectivity index (χ0) is 12.7. The molecule has 1 aromatic carbocycles. The predicted octanol–water partition coefficient (Wildman–Crippen LogP) is 1.36. The summed E-state index contributed by atoms with van der Waals surface area (Å²) in [5, 5.41) is 1.44. The minimum absolute atomic E-state index is 0.184. The third-order valence-corrected chi connectivity index (χ3v) is 2.70. The monoisotopic (exact) mass is 243 g/mol. The first-order valence-corrected chi connectivity index (χ1v) is 5.40. The molecule has 0 spiro atoms. The van der Waals surface area contributed by atoms with Crippen molar-refractivity contribution in [2.24, 2.45) is 5.73 Å². The molecule has 0 aliphatic rings. The van der Waals surface area contributed by atoms with Crippen molar-refractivity contribution >= 4 is 27.8 Å². The number of fused-ring (bicyclic) bond motifs is 2. The van der Waals surface area contributed by atoms with Crippen molar-refractivity contribution in [3.05, 3.63) is 35.9 Å². The van der Waals surface area contributed by atoms with Crippen LogP contribution in [-0.2, 0) is 6.54 Å². The van der Waals surface area contributed by atoms with Crippen LogP contribution in [0.3, 0.4) is 0 Å². The second-order valence-electron chi connectivity index (χ2n) is 3.93. The van der Waals surface area contributed by atoms with Gasteiger partial charge in [-0.25, -0.2) is 19.3 Å². The molecule has 0 radical (unpaired) electrons. The fourth-order valence-electron chi connectivity index (χ4n) is 1.84. The van der Waals surface area contributed by atoms with Gasteiger partial charge in [-0.05, 0) is 18.2 Å². The van der Waals surface area contributed by atoms with Gasteiger partial charge in [0.15, 0.2) is 5.65 Å². The fraction of sp³-hybridized carbons (Fsp3) is 0.0833. The number of halogens is 1. The number of nitrogens with two attached hydrogens (primary N) is 2. The van der Waals surface area contributed by atoms with Gasteiger partial charge in [0.2, 0.25) is 0 Å². The number of nitrogen functional groups attached to an aromatic ring is 1. The second-order valence-corrected chi connectivity index (χ2v) is 3.93. The Morgan fingerprint density at radius 1 is 1.11 bits per heavy atom. The number of aromatic nitrogens is 3. The van der Waals surface area contributed by atoms with Crippen molar-refractivity contribution in [2.45, 2.75) is 6.54 Å². The highest BCUT2D eigenvalue weighted by atomic mass is 19.1. The summed E-state index contributed by atoms with van der Waals surface area (Å²) in [6.45, 7) is 0.184. The lowest BCUT2D eigenvalue weighted by Gasteiger charge is -2.05. The molecule has 0 aliphatic heterocycles. The number of nitrogens with zero attached hydrogens (tertiary/aromatic N) is 3. The van der Waals surface area contributed by atoms with Crippen LogP contribution in [0.4, 0.5) is 10.2 Å². The van der Waals surface area contributed by atoms with Crippen molar-refractivity contribution < 1.29 is 4.39 Å². The standard InChI is InChI=1S/C12H10FN5/c13-7-2-1-6-3-8-11(15)17-10(5-14)18-12(8)16-9(6)4-7/h1-4H,5,14H2,(H2,15,16,17,18). The maximum atomic E-state index is 13.1.